The minimum Gasteiger partial charge on any atom is -0.454 e. The largest absolute Gasteiger partial charge is 0.573 e. The molecule has 0 saturated carbocycles. The van der Waals surface area contributed by atoms with E-state index in [9.17, 15) is 17.4 Å². The SMILES string of the molecule is CCNc1nc(NNc2ccc(N=[S-](=O)O)cc2)cc(-c2cccc(OC(F)(F)F)c2)n1. The number of hydrogen-bond acceptors (Lipinski definition) is 9. The number of benzene rings is 2. The summed E-state index contributed by atoms with van der Waals surface area (Å²) in [6, 6.07) is 13.4. The zero-order chi connectivity index (χ0) is 23.1. The number of rotatable bonds is 8. The van der Waals surface area contributed by atoms with Crippen LogP contribution >= 0.6 is 0 Å². The summed E-state index contributed by atoms with van der Waals surface area (Å²) in [6.45, 7) is 2.38. The first-order valence-corrected chi connectivity index (χ1v) is 10.2. The fraction of sp³-hybridized carbons (Fsp3) is 0.158. The molecule has 4 N–H and O–H groups in total. The second-order valence-corrected chi connectivity index (χ2v) is 6.83. The van der Waals surface area contributed by atoms with E-state index >= 15 is 0 Å². The van der Waals surface area contributed by atoms with Crippen LogP contribution in [0.2, 0.25) is 0 Å². The second-order valence-electron chi connectivity index (χ2n) is 6.19. The van der Waals surface area contributed by atoms with Crippen LogP contribution in [0.4, 0.5) is 36.3 Å². The zero-order valence-electron chi connectivity index (χ0n) is 16.6. The molecule has 1 aromatic heterocycles. The van der Waals surface area contributed by atoms with Gasteiger partial charge in [-0.15, -0.1) is 13.2 Å². The van der Waals surface area contributed by atoms with E-state index in [1.807, 2.05) is 6.92 Å². The lowest BCUT2D eigenvalue weighted by atomic mass is 10.1. The number of nitrogens with one attached hydrogen (secondary N) is 3. The first-order chi connectivity index (χ1) is 15.2. The number of ether oxygens (including phenoxy) is 1. The molecule has 0 amide bonds. The molecule has 0 aliphatic heterocycles. The van der Waals surface area contributed by atoms with Crippen molar-refractivity contribution in [2.45, 2.75) is 13.3 Å². The number of nitrogens with zero attached hydrogens (tertiary/aromatic N) is 3. The summed E-state index contributed by atoms with van der Waals surface area (Å²) >= 11 is 0. The minimum absolute atomic E-state index is 0.274. The molecule has 0 atom stereocenters. The Morgan fingerprint density at radius 3 is 2.50 bits per heavy atom. The maximum atomic E-state index is 12.5. The van der Waals surface area contributed by atoms with Crippen LogP contribution in [0.15, 0.2) is 59.0 Å². The van der Waals surface area contributed by atoms with Gasteiger partial charge in [0, 0.05) is 23.9 Å². The van der Waals surface area contributed by atoms with Crippen LogP contribution in [-0.2, 0) is 15.1 Å². The molecule has 0 aliphatic rings. The van der Waals surface area contributed by atoms with Crippen molar-refractivity contribution in [3.63, 3.8) is 0 Å². The Kier molecular flexibility index (Phi) is 7.33. The monoisotopic (exact) mass is 467 g/mol. The molecule has 0 bridgehead atoms. The van der Waals surface area contributed by atoms with Gasteiger partial charge in [0.1, 0.15) is 5.75 Å². The van der Waals surface area contributed by atoms with Gasteiger partial charge in [0.05, 0.1) is 11.4 Å². The van der Waals surface area contributed by atoms with E-state index in [4.69, 9.17) is 4.55 Å². The molecule has 1 heterocycles. The third-order valence-corrected chi connectivity index (χ3v) is 4.18. The topological polar surface area (TPSA) is 121 Å². The highest BCUT2D eigenvalue weighted by Gasteiger charge is 2.31. The van der Waals surface area contributed by atoms with Gasteiger partial charge in [-0.25, -0.2) is 4.98 Å². The summed E-state index contributed by atoms with van der Waals surface area (Å²) < 4.78 is 64.6. The van der Waals surface area contributed by atoms with Crippen LogP contribution in [0.3, 0.4) is 0 Å². The molecular formula is C19H18F3N6O3S-. The van der Waals surface area contributed by atoms with Crippen molar-refractivity contribution >= 4 is 34.0 Å². The fourth-order valence-corrected chi connectivity index (χ4v) is 2.88. The third kappa shape index (κ3) is 6.99. The lowest BCUT2D eigenvalue weighted by Gasteiger charge is -2.13. The Balaban J connectivity index is 1.82. The van der Waals surface area contributed by atoms with Crippen LogP contribution in [0.1, 0.15) is 6.92 Å². The van der Waals surface area contributed by atoms with Crippen LogP contribution in [-0.4, -0.2) is 27.4 Å². The molecule has 0 aliphatic carbocycles. The summed E-state index contributed by atoms with van der Waals surface area (Å²) in [5.74, 6) is 0.259. The number of alkyl halides is 3. The quantitative estimate of drug-likeness (QED) is 0.204. The van der Waals surface area contributed by atoms with Gasteiger partial charge in [-0.1, -0.05) is 23.0 Å². The summed E-state index contributed by atoms with van der Waals surface area (Å²) in [5.41, 5.74) is 7.51. The van der Waals surface area contributed by atoms with E-state index < -0.39 is 17.2 Å². The molecule has 0 fully saturated rings. The lowest BCUT2D eigenvalue weighted by molar-refractivity contribution is -0.274. The van der Waals surface area contributed by atoms with Crippen molar-refractivity contribution in [3.8, 4) is 17.0 Å². The summed E-state index contributed by atoms with van der Waals surface area (Å²) in [4.78, 5) is 8.64. The van der Waals surface area contributed by atoms with E-state index in [1.54, 1.807) is 36.4 Å². The van der Waals surface area contributed by atoms with Crippen LogP contribution in [0.25, 0.3) is 11.3 Å². The maximum Gasteiger partial charge on any atom is 0.573 e. The van der Waals surface area contributed by atoms with E-state index in [-0.39, 0.29) is 11.7 Å². The van der Waals surface area contributed by atoms with Gasteiger partial charge in [0.25, 0.3) is 0 Å². The molecule has 32 heavy (non-hydrogen) atoms. The number of hydrazine groups is 1. The summed E-state index contributed by atoms with van der Waals surface area (Å²) in [7, 11) is -2.30. The third-order valence-electron chi connectivity index (χ3n) is 3.81. The highest BCUT2D eigenvalue weighted by atomic mass is 32.2. The Morgan fingerprint density at radius 1 is 1.09 bits per heavy atom. The maximum absolute atomic E-state index is 12.5. The second kappa shape index (κ2) is 10.2. The van der Waals surface area contributed by atoms with Gasteiger partial charge in [-0.3, -0.25) is 10.9 Å². The Hall–Kier alpha value is -3.58. The predicted octanol–water partition coefficient (Wildman–Crippen LogP) is 5.16. The number of halogens is 3. The van der Waals surface area contributed by atoms with Crippen molar-refractivity contribution in [3.05, 3.63) is 54.6 Å². The lowest BCUT2D eigenvalue weighted by Crippen LogP contribution is -2.17. The predicted molar refractivity (Wildman–Crippen MR) is 115 cm³/mol. The smallest absolute Gasteiger partial charge is 0.454 e. The number of anilines is 3. The van der Waals surface area contributed by atoms with Crippen molar-refractivity contribution in [2.75, 3.05) is 22.7 Å². The first-order valence-electron chi connectivity index (χ1n) is 9.16. The van der Waals surface area contributed by atoms with E-state index in [0.29, 0.717) is 35.0 Å². The molecule has 3 aromatic rings. The van der Waals surface area contributed by atoms with E-state index in [2.05, 4.69) is 35.2 Å². The molecule has 0 saturated heterocycles. The Labute approximate surface area is 183 Å². The normalized spacial score (nSPS) is 12.3. The molecule has 0 unspecified atom stereocenters. The van der Waals surface area contributed by atoms with Crippen LogP contribution < -0.4 is 20.9 Å². The highest BCUT2D eigenvalue weighted by molar-refractivity contribution is 7.68. The average Bonchev–Trinajstić information content (AvgIpc) is 2.72. The zero-order valence-corrected chi connectivity index (χ0v) is 17.4. The highest BCUT2D eigenvalue weighted by Crippen LogP contribution is 2.28. The van der Waals surface area contributed by atoms with Crippen molar-refractivity contribution in [1.82, 2.24) is 9.97 Å². The van der Waals surface area contributed by atoms with Crippen LogP contribution in [0.5, 0.6) is 5.75 Å². The van der Waals surface area contributed by atoms with Gasteiger partial charge >= 0.3 is 6.36 Å². The van der Waals surface area contributed by atoms with Gasteiger partial charge in [-0.05, 0) is 43.3 Å². The standard InChI is InChI=1S/C19H18F3N6O3S/c1-2-23-18-24-16(12-4-3-5-15(10-12)31-19(20,21)22)11-17(25-18)27-26-13-6-8-14(9-7-13)28-32(29)30/h3-11,26H,2H2,1H3,(H,28,29,30)(H2,23,24,25,27)/q-1. The molecule has 0 radical (unpaired) electrons. The molecule has 13 heteroatoms. The van der Waals surface area contributed by atoms with E-state index in [0.717, 1.165) is 0 Å². The fourth-order valence-electron chi connectivity index (χ4n) is 2.58. The average molecular weight is 467 g/mol. The molecule has 2 aromatic carbocycles. The van der Waals surface area contributed by atoms with Crippen molar-refractivity contribution in [2.24, 2.45) is 4.36 Å². The van der Waals surface area contributed by atoms with Crippen LogP contribution in [0, 0.1) is 0 Å². The first kappa shape index (κ1) is 23.1. The van der Waals surface area contributed by atoms with Gasteiger partial charge in [-0.2, -0.15) is 4.98 Å². The molecule has 0 spiro atoms. The number of aromatic nitrogens is 2. The molecular weight excluding hydrogens is 449 g/mol. The summed E-state index contributed by atoms with van der Waals surface area (Å²) in [5, 5.41) is 2.97. The molecule has 3 rings (SSSR count). The summed E-state index contributed by atoms with van der Waals surface area (Å²) in [6.07, 6.45) is -4.80. The van der Waals surface area contributed by atoms with Gasteiger partial charge < -0.3 is 23.2 Å². The van der Waals surface area contributed by atoms with Gasteiger partial charge in [0.2, 0.25) is 5.95 Å². The van der Waals surface area contributed by atoms with Crippen molar-refractivity contribution < 1.29 is 26.7 Å². The van der Waals surface area contributed by atoms with E-state index in [1.165, 1.54) is 18.2 Å². The molecule has 9 nitrogen and oxygen atoms in total. The Bertz CT molecular complexity index is 1150. The Morgan fingerprint density at radius 2 is 1.84 bits per heavy atom. The number of hydrogen-bond donors (Lipinski definition) is 4. The molecule has 170 valence electrons. The van der Waals surface area contributed by atoms with Crippen molar-refractivity contribution in [1.29, 1.82) is 0 Å². The minimum atomic E-state index is -4.80. The van der Waals surface area contributed by atoms with Gasteiger partial charge in [0.15, 0.2) is 5.82 Å².